The summed E-state index contributed by atoms with van der Waals surface area (Å²) in [6.45, 7) is 6.43. The van der Waals surface area contributed by atoms with Gasteiger partial charge in [-0.05, 0) is 43.2 Å². The number of anilines is 1. The number of para-hydroxylation sites is 1. The second-order valence-corrected chi connectivity index (χ2v) is 5.80. The van der Waals surface area contributed by atoms with E-state index in [1.165, 1.54) is 0 Å². The van der Waals surface area contributed by atoms with E-state index < -0.39 is 5.54 Å². The van der Waals surface area contributed by atoms with E-state index in [0.717, 1.165) is 24.1 Å². The summed E-state index contributed by atoms with van der Waals surface area (Å²) in [6, 6.07) is 8.01. The first-order valence-electron chi connectivity index (χ1n) is 6.58. The van der Waals surface area contributed by atoms with Gasteiger partial charge in [0.1, 0.15) is 5.54 Å². The van der Waals surface area contributed by atoms with Crippen LogP contribution in [-0.4, -0.2) is 11.4 Å². The Morgan fingerprint density at radius 1 is 1.39 bits per heavy atom. The predicted molar refractivity (Wildman–Crippen MR) is 74.3 cm³/mol. The number of nitrogens with two attached hydrogens (primary N) is 1. The molecule has 0 unspecified atom stereocenters. The van der Waals surface area contributed by atoms with Crippen LogP contribution in [0.5, 0.6) is 0 Å². The predicted octanol–water partition coefficient (Wildman–Crippen LogP) is 2.70. The van der Waals surface area contributed by atoms with Crippen LogP contribution in [0.4, 0.5) is 5.69 Å². The molecule has 18 heavy (non-hydrogen) atoms. The first kappa shape index (κ1) is 12.9. The topological polar surface area (TPSA) is 55.1 Å². The second-order valence-electron chi connectivity index (χ2n) is 5.80. The number of benzene rings is 1. The van der Waals surface area contributed by atoms with Gasteiger partial charge in [0.2, 0.25) is 5.91 Å². The van der Waals surface area contributed by atoms with Gasteiger partial charge in [-0.2, -0.15) is 0 Å². The molecule has 1 fully saturated rings. The van der Waals surface area contributed by atoms with Gasteiger partial charge in [-0.25, -0.2) is 0 Å². The number of rotatable bonds is 4. The molecule has 1 aliphatic carbocycles. The van der Waals surface area contributed by atoms with Gasteiger partial charge in [-0.3, -0.25) is 4.79 Å². The molecule has 0 heterocycles. The molecule has 2 rings (SSSR count). The van der Waals surface area contributed by atoms with Crippen molar-refractivity contribution in [2.45, 2.75) is 39.2 Å². The van der Waals surface area contributed by atoms with Crippen LogP contribution in [0.1, 0.15) is 32.3 Å². The Morgan fingerprint density at radius 2 is 2.00 bits per heavy atom. The fourth-order valence-corrected chi connectivity index (χ4v) is 2.64. The van der Waals surface area contributed by atoms with Crippen molar-refractivity contribution in [3.8, 4) is 0 Å². The summed E-state index contributed by atoms with van der Waals surface area (Å²) in [6.07, 6.45) is 1.68. The Morgan fingerprint density at radius 3 is 2.50 bits per heavy atom. The van der Waals surface area contributed by atoms with E-state index in [4.69, 9.17) is 5.73 Å². The summed E-state index contributed by atoms with van der Waals surface area (Å²) >= 11 is 0. The van der Waals surface area contributed by atoms with Gasteiger partial charge < -0.3 is 11.1 Å². The summed E-state index contributed by atoms with van der Waals surface area (Å²) in [5, 5.41) is 3.37. The summed E-state index contributed by atoms with van der Waals surface area (Å²) in [5.41, 5.74) is 7.21. The molecule has 1 aromatic rings. The highest BCUT2D eigenvalue weighted by molar-refractivity contribution is 5.89. The smallest absolute Gasteiger partial charge is 0.243 e. The van der Waals surface area contributed by atoms with Crippen molar-refractivity contribution >= 4 is 11.6 Å². The molecule has 1 saturated carbocycles. The van der Waals surface area contributed by atoms with Crippen LogP contribution in [0.25, 0.3) is 0 Å². The highest BCUT2D eigenvalue weighted by Gasteiger charge is 2.49. The van der Waals surface area contributed by atoms with Gasteiger partial charge in [0.05, 0.1) is 0 Å². The number of hydrogen-bond donors (Lipinski definition) is 2. The summed E-state index contributed by atoms with van der Waals surface area (Å²) in [7, 11) is 0. The fraction of sp³-hybridized carbons (Fsp3) is 0.533. The van der Waals surface area contributed by atoms with Crippen LogP contribution in [0.3, 0.4) is 0 Å². The largest absolute Gasteiger partial charge is 0.371 e. The average molecular weight is 246 g/mol. The van der Waals surface area contributed by atoms with Crippen LogP contribution >= 0.6 is 0 Å². The molecule has 3 heteroatoms. The van der Waals surface area contributed by atoms with Crippen molar-refractivity contribution < 1.29 is 4.79 Å². The molecule has 1 aliphatic rings. The first-order chi connectivity index (χ1) is 8.44. The third-order valence-corrected chi connectivity index (χ3v) is 4.15. The fourth-order valence-electron chi connectivity index (χ4n) is 2.64. The first-order valence-corrected chi connectivity index (χ1v) is 6.58. The molecular formula is C15H22N2O. The molecule has 0 saturated heterocycles. The molecule has 0 aliphatic heterocycles. The number of amides is 1. The van der Waals surface area contributed by atoms with E-state index in [1.807, 2.05) is 31.2 Å². The molecule has 0 radical (unpaired) electrons. The third-order valence-electron chi connectivity index (χ3n) is 4.15. The van der Waals surface area contributed by atoms with Crippen LogP contribution in [0.2, 0.25) is 0 Å². The van der Waals surface area contributed by atoms with Crippen LogP contribution in [0, 0.1) is 18.8 Å². The van der Waals surface area contributed by atoms with E-state index in [-0.39, 0.29) is 5.91 Å². The maximum Gasteiger partial charge on any atom is 0.243 e. The molecular weight excluding hydrogens is 224 g/mol. The molecule has 0 spiro atoms. The minimum atomic E-state index is -0.541. The van der Waals surface area contributed by atoms with Gasteiger partial charge >= 0.3 is 0 Å². The Bertz CT molecular complexity index is 448. The van der Waals surface area contributed by atoms with Crippen molar-refractivity contribution in [3.63, 3.8) is 0 Å². The summed E-state index contributed by atoms with van der Waals surface area (Å²) < 4.78 is 0. The van der Waals surface area contributed by atoms with E-state index >= 15 is 0 Å². The number of aryl methyl sites for hydroxylation is 1. The Labute approximate surface area is 109 Å². The number of carbonyl (C=O) groups excluding carboxylic acids is 1. The zero-order chi connectivity index (χ0) is 13.3. The van der Waals surface area contributed by atoms with E-state index in [1.54, 1.807) is 0 Å². The maximum atomic E-state index is 11.7. The SMILES string of the molecule is Cc1ccccc1NC1(C(N)=O)CC(C(C)C)C1. The number of carbonyl (C=O) groups is 1. The monoisotopic (exact) mass is 246 g/mol. The normalized spacial score (nSPS) is 26.8. The van der Waals surface area contributed by atoms with E-state index in [9.17, 15) is 4.79 Å². The van der Waals surface area contributed by atoms with Crippen molar-refractivity contribution in [2.75, 3.05) is 5.32 Å². The molecule has 0 aromatic heterocycles. The van der Waals surface area contributed by atoms with Crippen LogP contribution in [0.15, 0.2) is 24.3 Å². The zero-order valence-corrected chi connectivity index (χ0v) is 11.4. The van der Waals surface area contributed by atoms with Gasteiger partial charge in [0.25, 0.3) is 0 Å². The van der Waals surface area contributed by atoms with E-state index in [0.29, 0.717) is 11.8 Å². The molecule has 98 valence electrons. The molecule has 3 nitrogen and oxygen atoms in total. The number of hydrogen-bond acceptors (Lipinski definition) is 2. The van der Waals surface area contributed by atoms with Crippen molar-refractivity contribution in [1.82, 2.24) is 0 Å². The van der Waals surface area contributed by atoms with Crippen molar-refractivity contribution in [3.05, 3.63) is 29.8 Å². The summed E-state index contributed by atoms with van der Waals surface area (Å²) in [4.78, 5) is 11.7. The lowest BCUT2D eigenvalue weighted by atomic mass is 9.63. The number of nitrogens with one attached hydrogen (secondary N) is 1. The third kappa shape index (κ3) is 2.22. The van der Waals surface area contributed by atoms with Gasteiger partial charge in [-0.1, -0.05) is 32.0 Å². The molecule has 3 N–H and O–H groups in total. The molecule has 1 aromatic carbocycles. The quantitative estimate of drug-likeness (QED) is 0.858. The summed E-state index contributed by atoms with van der Waals surface area (Å²) in [5.74, 6) is 0.966. The van der Waals surface area contributed by atoms with Crippen molar-refractivity contribution in [2.24, 2.45) is 17.6 Å². The average Bonchev–Trinajstić information content (AvgIpc) is 2.24. The van der Waals surface area contributed by atoms with E-state index in [2.05, 4.69) is 19.2 Å². The highest BCUT2D eigenvalue weighted by Crippen LogP contribution is 2.44. The molecule has 0 atom stereocenters. The van der Waals surface area contributed by atoms with Gasteiger partial charge in [0.15, 0.2) is 0 Å². The molecule has 0 bridgehead atoms. The Balaban J connectivity index is 2.15. The molecule has 1 amide bonds. The zero-order valence-electron chi connectivity index (χ0n) is 11.4. The van der Waals surface area contributed by atoms with Gasteiger partial charge in [0, 0.05) is 5.69 Å². The van der Waals surface area contributed by atoms with Crippen molar-refractivity contribution in [1.29, 1.82) is 0 Å². The lowest BCUT2D eigenvalue weighted by molar-refractivity contribution is -0.127. The lowest BCUT2D eigenvalue weighted by Crippen LogP contribution is -2.60. The minimum absolute atomic E-state index is 0.234. The Kier molecular flexibility index (Phi) is 3.33. The second kappa shape index (κ2) is 4.63. The maximum absolute atomic E-state index is 11.7. The lowest BCUT2D eigenvalue weighted by Gasteiger charge is -2.48. The highest BCUT2D eigenvalue weighted by atomic mass is 16.1. The standard InChI is InChI=1S/C15H22N2O/c1-10(2)12-8-15(9-12,14(16)18)17-13-7-5-4-6-11(13)3/h4-7,10,12,17H,8-9H2,1-3H3,(H2,16,18). The minimum Gasteiger partial charge on any atom is -0.371 e. The Hall–Kier alpha value is -1.51. The number of primary amides is 1. The van der Waals surface area contributed by atoms with Crippen LogP contribution in [-0.2, 0) is 4.79 Å². The van der Waals surface area contributed by atoms with Gasteiger partial charge in [-0.15, -0.1) is 0 Å². The van der Waals surface area contributed by atoms with Crippen LogP contribution < -0.4 is 11.1 Å².